The van der Waals surface area contributed by atoms with Crippen LogP contribution in [0.3, 0.4) is 0 Å². The first-order valence-corrected chi connectivity index (χ1v) is 9.09. The van der Waals surface area contributed by atoms with Gasteiger partial charge in [0, 0.05) is 58.8 Å². The van der Waals surface area contributed by atoms with Gasteiger partial charge in [-0.2, -0.15) is 0 Å². The number of hydrogen-bond acceptors (Lipinski definition) is 2. The number of nitrogens with two attached hydrogens (primary N) is 1. The van der Waals surface area contributed by atoms with Crippen molar-refractivity contribution in [3.05, 3.63) is 69.9 Å². The number of primary amides is 1. The number of urea groups is 1. The Morgan fingerprint density at radius 1 is 1.19 bits per heavy atom. The number of hydrogen-bond donors (Lipinski definition) is 3. The number of amides is 3. The van der Waals surface area contributed by atoms with Crippen LogP contribution < -0.4 is 11.1 Å². The number of aromatic nitrogens is 1. The van der Waals surface area contributed by atoms with E-state index in [2.05, 4.69) is 10.3 Å². The first-order chi connectivity index (χ1) is 13.0. The minimum absolute atomic E-state index is 0.00793. The Balaban J connectivity index is 1.53. The van der Waals surface area contributed by atoms with Gasteiger partial charge < -0.3 is 20.9 Å². The molecule has 0 saturated carbocycles. The number of halogens is 1. The van der Waals surface area contributed by atoms with Gasteiger partial charge in [-0.05, 0) is 35.9 Å². The molecule has 0 saturated heterocycles. The van der Waals surface area contributed by atoms with Gasteiger partial charge >= 0.3 is 6.03 Å². The summed E-state index contributed by atoms with van der Waals surface area (Å²) in [7, 11) is 0. The zero-order valence-corrected chi connectivity index (χ0v) is 15.3. The van der Waals surface area contributed by atoms with Crippen molar-refractivity contribution >= 4 is 34.4 Å². The van der Waals surface area contributed by atoms with Crippen LogP contribution in [0.25, 0.3) is 10.9 Å². The molecular formula is C20H19ClN4O2. The van der Waals surface area contributed by atoms with Gasteiger partial charge in [0.15, 0.2) is 0 Å². The SMILES string of the molecule is NC(=O)NCc1ccc(C(=O)N2CCc3[nH]c4ccc(Cl)cc4c3C2)cc1. The molecule has 3 amide bonds. The molecule has 0 spiro atoms. The number of nitrogens with zero attached hydrogens (tertiary/aromatic N) is 1. The molecule has 2 aromatic carbocycles. The number of aromatic amines is 1. The highest BCUT2D eigenvalue weighted by atomic mass is 35.5. The molecule has 1 aliphatic heterocycles. The Bertz CT molecular complexity index is 1030. The Morgan fingerprint density at radius 3 is 2.70 bits per heavy atom. The summed E-state index contributed by atoms with van der Waals surface area (Å²) >= 11 is 6.14. The lowest BCUT2D eigenvalue weighted by Gasteiger charge is -2.27. The van der Waals surface area contributed by atoms with Gasteiger partial charge in [-0.15, -0.1) is 0 Å². The van der Waals surface area contributed by atoms with Crippen molar-refractivity contribution in [3.8, 4) is 0 Å². The van der Waals surface area contributed by atoms with Crippen molar-refractivity contribution < 1.29 is 9.59 Å². The van der Waals surface area contributed by atoms with E-state index in [0.29, 0.717) is 30.2 Å². The smallest absolute Gasteiger partial charge is 0.312 e. The molecule has 0 aliphatic carbocycles. The Kier molecular flexibility index (Phi) is 4.49. The van der Waals surface area contributed by atoms with Gasteiger partial charge in [0.1, 0.15) is 0 Å². The van der Waals surface area contributed by atoms with Gasteiger partial charge in [0.05, 0.1) is 0 Å². The lowest BCUT2D eigenvalue weighted by Crippen LogP contribution is -2.35. The highest BCUT2D eigenvalue weighted by Crippen LogP contribution is 2.30. The maximum Gasteiger partial charge on any atom is 0.312 e. The molecule has 1 aromatic heterocycles. The van der Waals surface area contributed by atoms with Crippen molar-refractivity contribution in [2.24, 2.45) is 5.73 Å². The molecule has 3 aromatic rings. The molecule has 0 unspecified atom stereocenters. The van der Waals surface area contributed by atoms with Gasteiger partial charge in [-0.1, -0.05) is 23.7 Å². The van der Waals surface area contributed by atoms with Crippen LogP contribution in [0.2, 0.25) is 5.02 Å². The van der Waals surface area contributed by atoms with Crippen LogP contribution in [0.5, 0.6) is 0 Å². The van der Waals surface area contributed by atoms with Crippen LogP contribution in [0, 0.1) is 0 Å². The molecule has 1 aliphatic rings. The standard InChI is InChI=1S/C20H19ClN4O2/c21-14-5-6-17-15(9-14)16-11-25(8-7-18(16)24-17)19(26)13-3-1-12(2-4-13)10-23-20(22)27/h1-6,9,24H,7-8,10-11H2,(H3,22,23,27). The fourth-order valence-electron chi connectivity index (χ4n) is 3.50. The monoisotopic (exact) mass is 382 g/mol. The topological polar surface area (TPSA) is 91.2 Å². The number of nitrogens with one attached hydrogen (secondary N) is 2. The molecule has 7 heteroatoms. The molecule has 27 heavy (non-hydrogen) atoms. The average molecular weight is 383 g/mol. The van der Waals surface area contributed by atoms with Crippen molar-refractivity contribution in [2.75, 3.05) is 6.54 Å². The number of benzene rings is 2. The molecule has 4 N–H and O–H groups in total. The fraction of sp³-hybridized carbons (Fsp3) is 0.200. The van der Waals surface area contributed by atoms with E-state index in [1.807, 2.05) is 35.2 Å². The van der Waals surface area contributed by atoms with E-state index in [1.54, 1.807) is 12.1 Å². The summed E-state index contributed by atoms with van der Waals surface area (Å²) in [6.07, 6.45) is 0.786. The third-order valence-corrected chi connectivity index (χ3v) is 5.13. The summed E-state index contributed by atoms with van der Waals surface area (Å²) in [4.78, 5) is 29.0. The summed E-state index contributed by atoms with van der Waals surface area (Å²) < 4.78 is 0. The van der Waals surface area contributed by atoms with E-state index >= 15 is 0 Å². The highest BCUT2D eigenvalue weighted by Gasteiger charge is 2.24. The molecule has 4 rings (SSSR count). The number of fused-ring (bicyclic) bond motifs is 3. The Hall–Kier alpha value is -2.99. The maximum atomic E-state index is 12.9. The van der Waals surface area contributed by atoms with Crippen LogP contribution in [0.15, 0.2) is 42.5 Å². The van der Waals surface area contributed by atoms with Crippen molar-refractivity contribution in [1.82, 2.24) is 15.2 Å². The molecule has 0 atom stereocenters. The van der Waals surface area contributed by atoms with E-state index in [4.69, 9.17) is 17.3 Å². The quantitative estimate of drug-likeness (QED) is 0.649. The number of carbonyl (C=O) groups is 2. The van der Waals surface area contributed by atoms with Crippen LogP contribution in [0.1, 0.15) is 27.2 Å². The predicted octanol–water partition coefficient (Wildman–Crippen LogP) is 3.19. The molecule has 0 fully saturated rings. The van der Waals surface area contributed by atoms with Crippen molar-refractivity contribution in [2.45, 2.75) is 19.5 Å². The van der Waals surface area contributed by atoms with E-state index < -0.39 is 6.03 Å². The van der Waals surface area contributed by atoms with E-state index in [9.17, 15) is 9.59 Å². The van der Waals surface area contributed by atoms with Gasteiger partial charge in [-0.25, -0.2) is 4.79 Å². The minimum Gasteiger partial charge on any atom is -0.358 e. The fourth-order valence-corrected chi connectivity index (χ4v) is 3.67. The lowest BCUT2D eigenvalue weighted by atomic mass is 10.0. The Labute approximate surface area is 161 Å². The average Bonchev–Trinajstić information content (AvgIpc) is 3.03. The van der Waals surface area contributed by atoms with Crippen LogP contribution in [0.4, 0.5) is 4.79 Å². The summed E-state index contributed by atoms with van der Waals surface area (Å²) in [6.45, 7) is 1.56. The number of carbonyl (C=O) groups excluding carboxylic acids is 2. The Morgan fingerprint density at radius 2 is 1.96 bits per heavy atom. The first-order valence-electron chi connectivity index (χ1n) is 8.72. The zero-order valence-electron chi connectivity index (χ0n) is 14.6. The highest BCUT2D eigenvalue weighted by molar-refractivity contribution is 6.31. The summed E-state index contributed by atoms with van der Waals surface area (Å²) in [5.41, 5.74) is 9.93. The zero-order chi connectivity index (χ0) is 19.0. The van der Waals surface area contributed by atoms with Crippen LogP contribution >= 0.6 is 11.6 Å². The van der Waals surface area contributed by atoms with Crippen LogP contribution in [-0.4, -0.2) is 28.4 Å². The lowest BCUT2D eigenvalue weighted by molar-refractivity contribution is 0.0735. The summed E-state index contributed by atoms with van der Waals surface area (Å²) in [5.74, 6) is -0.00793. The summed E-state index contributed by atoms with van der Waals surface area (Å²) in [5, 5.41) is 4.29. The summed E-state index contributed by atoms with van der Waals surface area (Å²) in [6, 6.07) is 12.4. The molecule has 0 radical (unpaired) electrons. The minimum atomic E-state index is -0.571. The number of rotatable bonds is 3. The molecule has 0 bridgehead atoms. The normalized spacial score (nSPS) is 13.4. The van der Waals surface area contributed by atoms with E-state index in [1.165, 1.54) is 5.69 Å². The largest absolute Gasteiger partial charge is 0.358 e. The van der Waals surface area contributed by atoms with E-state index in [-0.39, 0.29) is 5.91 Å². The predicted molar refractivity (Wildman–Crippen MR) is 105 cm³/mol. The van der Waals surface area contributed by atoms with Crippen molar-refractivity contribution in [3.63, 3.8) is 0 Å². The molecular weight excluding hydrogens is 364 g/mol. The second kappa shape index (κ2) is 6.96. The van der Waals surface area contributed by atoms with Gasteiger partial charge in [0.25, 0.3) is 5.91 Å². The third kappa shape index (κ3) is 3.48. The maximum absolute atomic E-state index is 12.9. The second-order valence-corrected chi connectivity index (χ2v) is 7.10. The van der Waals surface area contributed by atoms with E-state index in [0.717, 1.165) is 28.5 Å². The third-order valence-electron chi connectivity index (χ3n) is 4.89. The van der Waals surface area contributed by atoms with Gasteiger partial charge in [-0.3, -0.25) is 4.79 Å². The number of H-pyrrole nitrogens is 1. The molecule has 138 valence electrons. The van der Waals surface area contributed by atoms with Gasteiger partial charge in [0.2, 0.25) is 0 Å². The molecule has 6 nitrogen and oxygen atoms in total. The van der Waals surface area contributed by atoms with Crippen LogP contribution in [-0.2, 0) is 19.5 Å². The van der Waals surface area contributed by atoms with Crippen molar-refractivity contribution in [1.29, 1.82) is 0 Å². The first kappa shape index (κ1) is 17.4. The molecule has 2 heterocycles. The second-order valence-electron chi connectivity index (χ2n) is 6.66.